The Morgan fingerprint density at radius 1 is 1.30 bits per heavy atom. The van der Waals surface area contributed by atoms with E-state index in [4.69, 9.17) is 28.2 Å². The third kappa shape index (κ3) is 3.83. The number of rotatable bonds is 4. The van der Waals surface area contributed by atoms with Gasteiger partial charge in [0.25, 0.3) is 5.91 Å². The molecule has 2 heterocycles. The highest BCUT2D eigenvalue weighted by Gasteiger charge is 2.30. The Morgan fingerprint density at radius 2 is 2.04 bits per heavy atom. The van der Waals surface area contributed by atoms with Crippen LogP contribution in [0.1, 0.15) is 12.7 Å². The molecule has 0 spiro atoms. The highest BCUT2D eigenvalue weighted by atomic mass is 35.5. The molecule has 1 aromatic carbocycles. The van der Waals surface area contributed by atoms with Gasteiger partial charge in [0.15, 0.2) is 5.09 Å². The Balaban J connectivity index is 1.75. The monoisotopic (exact) mass is 381 g/mol. The quantitative estimate of drug-likeness (QED) is 0.529. The number of carbonyl (C=O) groups is 1. The van der Waals surface area contributed by atoms with E-state index in [1.807, 2.05) is 43.3 Å². The molecule has 1 aliphatic heterocycles. The number of nitrogens with zero attached hydrogens (tertiary/aromatic N) is 1. The number of thiocarbonyl (C=S) groups is 1. The molecule has 0 bridgehead atoms. The van der Waals surface area contributed by atoms with E-state index in [0.29, 0.717) is 26.6 Å². The van der Waals surface area contributed by atoms with E-state index < -0.39 is 0 Å². The Labute approximate surface area is 153 Å². The number of thioether (sulfide) groups is 1. The van der Waals surface area contributed by atoms with Crippen LogP contribution >= 0.6 is 47.3 Å². The van der Waals surface area contributed by atoms with Crippen molar-refractivity contribution in [3.63, 3.8) is 0 Å². The second kappa shape index (κ2) is 7.13. The molecule has 1 amide bonds. The fraction of sp³-hybridized carbons (Fsp3) is 0.125. The lowest BCUT2D eigenvalue weighted by Crippen LogP contribution is -2.27. The van der Waals surface area contributed by atoms with E-state index >= 15 is 0 Å². The average Bonchev–Trinajstić information content (AvgIpc) is 3.07. The molecule has 2 aromatic rings. The van der Waals surface area contributed by atoms with Crippen LogP contribution in [0.3, 0.4) is 0 Å². The zero-order valence-corrected chi connectivity index (χ0v) is 15.3. The Kier molecular flexibility index (Phi) is 5.16. The molecule has 7 heteroatoms. The molecule has 1 aromatic heterocycles. The van der Waals surface area contributed by atoms with Crippen molar-refractivity contribution >= 4 is 63.6 Å². The first-order valence-electron chi connectivity index (χ1n) is 6.85. The molecule has 0 N–H and O–H groups in total. The van der Waals surface area contributed by atoms with E-state index in [0.717, 1.165) is 9.99 Å². The number of furan rings is 1. The van der Waals surface area contributed by atoms with Crippen LogP contribution in [-0.4, -0.2) is 21.7 Å². The van der Waals surface area contributed by atoms with Crippen LogP contribution in [0.25, 0.3) is 6.08 Å². The molecule has 1 aliphatic rings. The van der Waals surface area contributed by atoms with Crippen LogP contribution in [0.4, 0.5) is 0 Å². The fourth-order valence-electron chi connectivity index (χ4n) is 1.99. The predicted octanol–water partition coefficient (Wildman–Crippen LogP) is 5.31. The minimum absolute atomic E-state index is 0.0641. The van der Waals surface area contributed by atoms with Gasteiger partial charge >= 0.3 is 0 Å². The molecule has 118 valence electrons. The summed E-state index contributed by atoms with van der Waals surface area (Å²) in [7, 11) is 0. The topological polar surface area (TPSA) is 33.5 Å². The molecule has 3 nitrogen and oxygen atoms in total. The fourth-order valence-corrected chi connectivity index (χ4v) is 4.26. The molecule has 0 aliphatic carbocycles. The Morgan fingerprint density at radius 3 is 2.70 bits per heavy atom. The first kappa shape index (κ1) is 16.6. The molecule has 0 atom stereocenters. The van der Waals surface area contributed by atoms with Gasteiger partial charge in [0.1, 0.15) is 10.1 Å². The van der Waals surface area contributed by atoms with Crippen molar-refractivity contribution in [3.05, 3.63) is 52.1 Å². The second-order valence-electron chi connectivity index (χ2n) is 4.64. The van der Waals surface area contributed by atoms with Gasteiger partial charge in [-0.2, -0.15) is 0 Å². The normalized spacial score (nSPS) is 16.6. The summed E-state index contributed by atoms with van der Waals surface area (Å²) < 4.78 is 6.35. The summed E-state index contributed by atoms with van der Waals surface area (Å²) in [4.78, 5) is 15.4. The summed E-state index contributed by atoms with van der Waals surface area (Å²) in [6.45, 7) is 2.49. The van der Waals surface area contributed by atoms with Crippen LogP contribution in [0.2, 0.25) is 5.02 Å². The van der Waals surface area contributed by atoms with E-state index in [1.54, 1.807) is 11.0 Å². The number of amides is 1. The lowest BCUT2D eigenvalue weighted by atomic mass is 10.3. The SMILES string of the molecule is CCN1C(=O)/C(=C\c2ccc(Sc3ccc(Cl)cc3)o2)SC1=S. The molecule has 1 fully saturated rings. The van der Waals surface area contributed by atoms with Crippen molar-refractivity contribution < 1.29 is 9.21 Å². The summed E-state index contributed by atoms with van der Waals surface area (Å²) in [5.74, 6) is 0.573. The molecule has 0 saturated carbocycles. The summed E-state index contributed by atoms with van der Waals surface area (Å²) in [5.41, 5.74) is 0. The molecule has 0 radical (unpaired) electrons. The highest BCUT2D eigenvalue weighted by Crippen LogP contribution is 2.34. The number of halogens is 1. The maximum atomic E-state index is 12.2. The van der Waals surface area contributed by atoms with Gasteiger partial charge in [-0.05, 0) is 43.3 Å². The predicted molar refractivity (Wildman–Crippen MR) is 99.8 cm³/mol. The smallest absolute Gasteiger partial charge is 0.266 e. The summed E-state index contributed by atoms with van der Waals surface area (Å²) in [5, 5.41) is 1.46. The third-order valence-corrected chi connectivity index (χ3v) is 5.66. The first-order valence-corrected chi connectivity index (χ1v) is 9.27. The van der Waals surface area contributed by atoms with E-state index in [2.05, 4.69) is 0 Å². The number of benzene rings is 1. The molecule has 0 unspecified atom stereocenters. The maximum absolute atomic E-state index is 12.2. The van der Waals surface area contributed by atoms with Crippen LogP contribution in [0, 0.1) is 0 Å². The summed E-state index contributed by atoms with van der Waals surface area (Å²) in [6, 6.07) is 11.3. The van der Waals surface area contributed by atoms with Crippen molar-refractivity contribution in [2.75, 3.05) is 6.54 Å². The van der Waals surface area contributed by atoms with E-state index in [9.17, 15) is 4.79 Å². The van der Waals surface area contributed by atoms with Crippen molar-refractivity contribution in [1.82, 2.24) is 4.90 Å². The first-order chi connectivity index (χ1) is 11.1. The van der Waals surface area contributed by atoms with Crippen molar-refractivity contribution in [2.45, 2.75) is 16.9 Å². The molecular formula is C16H12ClNO2S3. The molecule has 23 heavy (non-hydrogen) atoms. The van der Waals surface area contributed by atoms with E-state index in [1.165, 1.54) is 23.5 Å². The van der Waals surface area contributed by atoms with Crippen molar-refractivity contribution in [1.29, 1.82) is 0 Å². The Hall–Kier alpha value is -1.21. The highest BCUT2D eigenvalue weighted by molar-refractivity contribution is 8.26. The average molecular weight is 382 g/mol. The second-order valence-corrected chi connectivity index (χ2v) is 7.83. The largest absolute Gasteiger partial charge is 0.450 e. The lowest BCUT2D eigenvalue weighted by Gasteiger charge is -2.09. The zero-order chi connectivity index (χ0) is 16.4. The number of hydrogen-bond acceptors (Lipinski definition) is 5. The van der Waals surface area contributed by atoms with Gasteiger partial charge in [-0.15, -0.1) is 0 Å². The van der Waals surface area contributed by atoms with Gasteiger partial charge in [0.2, 0.25) is 0 Å². The minimum Gasteiger partial charge on any atom is -0.450 e. The summed E-state index contributed by atoms with van der Waals surface area (Å²) in [6.07, 6.45) is 1.74. The van der Waals surface area contributed by atoms with Crippen molar-refractivity contribution in [3.8, 4) is 0 Å². The standard InChI is InChI=1S/C16H12ClNO2S3/c1-2-18-15(19)13(23-16(18)21)9-11-5-8-14(20-11)22-12-6-3-10(17)4-7-12/h3-9H,2H2,1H3/b13-9+. The molecule has 3 rings (SSSR count). The van der Waals surface area contributed by atoms with Crippen LogP contribution in [0.5, 0.6) is 0 Å². The lowest BCUT2D eigenvalue weighted by molar-refractivity contribution is -0.121. The van der Waals surface area contributed by atoms with Crippen molar-refractivity contribution in [2.24, 2.45) is 0 Å². The summed E-state index contributed by atoms with van der Waals surface area (Å²) >= 11 is 13.9. The maximum Gasteiger partial charge on any atom is 0.266 e. The molecule has 1 saturated heterocycles. The number of likely N-dealkylation sites (N-methyl/N-ethyl adjacent to an activating group) is 1. The third-order valence-electron chi connectivity index (χ3n) is 3.10. The number of hydrogen-bond donors (Lipinski definition) is 0. The van der Waals surface area contributed by atoms with Gasteiger partial charge in [-0.1, -0.05) is 47.3 Å². The van der Waals surface area contributed by atoms with Gasteiger partial charge < -0.3 is 4.42 Å². The zero-order valence-electron chi connectivity index (χ0n) is 12.1. The molecular weight excluding hydrogens is 370 g/mol. The van der Waals surface area contributed by atoms with Gasteiger partial charge in [0, 0.05) is 22.5 Å². The Bertz CT molecular complexity index is 783. The van der Waals surface area contributed by atoms with Gasteiger partial charge in [-0.3, -0.25) is 9.69 Å². The van der Waals surface area contributed by atoms with Gasteiger partial charge in [0.05, 0.1) is 4.91 Å². The van der Waals surface area contributed by atoms with Crippen LogP contribution < -0.4 is 0 Å². The van der Waals surface area contributed by atoms with E-state index in [-0.39, 0.29) is 5.91 Å². The van der Waals surface area contributed by atoms with Crippen LogP contribution in [0.15, 0.2) is 55.7 Å². The minimum atomic E-state index is -0.0641. The van der Waals surface area contributed by atoms with Crippen LogP contribution in [-0.2, 0) is 4.79 Å². The van der Waals surface area contributed by atoms with Gasteiger partial charge in [-0.25, -0.2) is 0 Å². The number of carbonyl (C=O) groups excluding carboxylic acids is 1.